The van der Waals surface area contributed by atoms with Gasteiger partial charge in [0.25, 0.3) is 0 Å². The fourth-order valence-electron chi connectivity index (χ4n) is 2.53. The number of rotatable bonds is 3. The molecule has 2 rings (SSSR count). The predicted molar refractivity (Wildman–Crippen MR) is 86.0 cm³/mol. The van der Waals surface area contributed by atoms with Crippen LogP contribution in [0.3, 0.4) is 0 Å². The number of aromatic hydroxyl groups is 1. The van der Waals surface area contributed by atoms with Crippen molar-refractivity contribution in [3.05, 3.63) is 23.8 Å². The number of aromatic carboxylic acids is 1. The Hall–Kier alpha value is -2.15. The third-order valence-corrected chi connectivity index (χ3v) is 3.90. The van der Waals surface area contributed by atoms with E-state index in [1.54, 1.807) is 0 Å². The smallest absolute Gasteiger partial charge is 0.339 e. The molecule has 1 fully saturated rings. The third-order valence-electron chi connectivity index (χ3n) is 3.70. The zero-order chi connectivity index (χ0) is 16.1. The maximum atomic E-state index is 12.0. The van der Waals surface area contributed by atoms with Crippen LogP contribution in [-0.2, 0) is 4.79 Å². The number of anilines is 1. The molecule has 4 N–H and O–H groups in total. The predicted octanol–water partition coefficient (Wildman–Crippen LogP) is 2.48. The number of carbonyl (C=O) groups excluding carboxylic acids is 1. The standard InChI is InChI=1S/C15H18N2O4S/c18-12-8-10(6-7-11(12)14(20)21)16-15(22)17-13(19)9-4-2-1-3-5-9/h6-9,18H,1-5H2,(H,20,21)(H2,16,17,19,22). The Morgan fingerprint density at radius 3 is 2.45 bits per heavy atom. The van der Waals surface area contributed by atoms with Crippen LogP contribution in [0.2, 0.25) is 0 Å². The summed E-state index contributed by atoms with van der Waals surface area (Å²) >= 11 is 5.07. The second-order valence-corrected chi connectivity index (χ2v) is 5.72. The van der Waals surface area contributed by atoms with Crippen LogP contribution in [-0.4, -0.2) is 27.2 Å². The van der Waals surface area contributed by atoms with Gasteiger partial charge in [-0.25, -0.2) is 4.79 Å². The van der Waals surface area contributed by atoms with Crippen molar-refractivity contribution >= 4 is 34.9 Å². The SMILES string of the molecule is O=C(O)c1ccc(NC(=S)NC(=O)C2CCCCC2)cc1O. The van der Waals surface area contributed by atoms with Crippen LogP contribution in [0.15, 0.2) is 18.2 Å². The van der Waals surface area contributed by atoms with Gasteiger partial charge in [0.2, 0.25) is 5.91 Å². The van der Waals surface area contributed by atoms with E-state index in [0.29, 0.717) is 5.69 Å². The first-order valence-corrected chi connectivity index (χ1v) is 7.56. The van der Waals surface area contributed by atoms with Gasteiger partial charge in [-0.15, -0.1) is 0 Å². The van der Waals surface area contributed by atoms with Gasteiger partial charge >= 0.3 is 5.97 Å². The Kier molecular flexibility index (Phi) is 5.32. The summed E-state index contributed by atoms with van der Waals surface area (Å²) in [5.41, 5.74) is 0.221. The Bertz CT molecular complexity index is 597. The number of hydrogen-bond acceptors (Lipinski definition) is 4. The molecular weight excluding hydrogens is 304 g/mol. The number of carbonyl (C=O) groups is 2. The highest BCUT2D eigenvalue weighted by atomic mass is 32.1. The Morgan fingerprint density at radius 1 is 1.18 bits per heavy atom. The first-order valence-electron chi connectivity index (χ1n) is 7.15. The van der Waals surface area contributed by atoms with Crippen LogP contribution < -0.4 is 10.6 Å². The van der Waals surface area contributed by atoms with E-state index < -0.39 is 5.97 Å². The van der Waals surface area contributed by atoms with Gasteiger partial charge < -0.3 is 20.8 Å². The second-order valence-electron chi connectivity index (χ2n) is 5.32. The number of phenols is 1. The van der Waals surface area contributed by atoms with Crippen molar-refractivity contribution in [2.24, 2.45) is 5.92 Å². The number of thiocarbonyl (C=S) groups is 1. The van der Waals surface area contributed by atoms with Crippen molar-refractivity contribution in [1.29, 1.82) is 0 Å². The number of amides is 1. The van der Waals surface area contributed by atoms with Crippen molar-refractivity contribution in [1.82, 2.24) is 5.32 Å². The van der Waals surface area contributed by atoms with Gasteiger partial charge in [-0.3, -0.25) is 4.79 Å². The molecule has 1 amide bonds. The van der Waals surface area contributed by atoms with E-state index in [1.165, 1.54) is 24.6 Å². The minimum atomic E-state index is -1.21. The zero-order valence-corrected chi connectivity index (χ0v) is 12.8. The molecule has 118 valence electrons. The van der Waals surface area contributed by atoms with E-state index in [4.69, 9.17) is 17.3 Å². The molecule has 0 unspecified atom stereocenters. The summed E-state index contributed by atoms with van der Waals surface area (Å²) in [6.07, 6.45) is 5.04. The van der Waals surface area contributed by atoms with Crippen molar-refractivity contribution in [2.75, 3.05) is 5.32 Å². The molecule has 0 saturated heterocycles. The number of benzene rings is 1. The molecule has 7 heteroatoms. The van der Waals surface area contributed by atoms with Gasteiger partial charge in [-0.2, -0.15) is 0 Å². The van der Waals surface area contributed by atoms with Gasteiger partial charge in [0.1, 0.15) is 11.3 Å². The maximum Gasteiger partial charge on any atom is 0.339 e. The lowest BCUT2D eigenvalue weighted by atomic mass is 9.89. The zero-order valence-electron chi connectivity index (χ0n) is 12.0. The quantitative estimate of drug-likeness (QED) is 0.638. The van der Waals surface area contributed by atoms with E-state index in [9.17, 15) is 14.7 Å². The number of carboxylic acids is 1. The van der Waals surface area contributed by atoms with Crippen LogP contribution in [0.5, 0.6) is 5.75 Å². The van der Waals surface area contributed by atoms with Crippen molar-refractivity contribution < 1.29 is 19.8 Å². The van der Waals surface area contributed by atoms with E-state index in [0.717, 1.165) is 25.7 Å². The molecule has 0 aliphatic heterocycles. The first-order chi connectivity index (χ1) is 10.5. The van der Waals surface area contributed by atoms with Crippen LogP contribution in [0.1, 0.15) is 42.5 Å². The van der Waals surface area contributed by atoms with E-state index in [1.807, 2.05) is 0 Å². The van der Waals surface area contributed by atoms with E-state index in [-0.39, 0.29) is 28.3 Å². The number of carboxylic acid groups (broad SMARTS) is 1. The monoisotopic (exact) mass is 322 g/mol. The average molecular weight is 322 g/mol. The minimum absolute atomic E-state index is 0.00344. The molecule has 1 aliphatic rings. The lowest BCUT2D eigenvalue weighted by Gasteiger charge is -2.21. The maximum absolute atomic E-state index is 12.0. The average Bonchev–Trinajstić information content (AvgIpc) is 2.47. The Morgan fingerprint density at radius 2 is 1.86 bits per heavy atom. The molecule has 0 aromatic heterocycles. The third kappa shape index (κ3) is 4.17. The molecule has 0 heterocycles. The van der Waals surface area contributed by atoms with Gasteiger partial charge in [-0.1, -0.05) is 19.3 Å². The van der Waals surface area contributed by atoms with Crippen molar-refractivity contribution in [3.8, 4) is 5.75 Å². The van der Waals surface area contributed by atoms with Gasteiger partial charge in [-0.05, 0) is 37.2 Å². The fourth-order valence-corrected chi connectivity index (χ4v) is 2.75. The molecule has 0 bridgehead atoms. The highest BCUT2D eigenvalue weighted by Crippen LogP contribution is 2.24. The molecule has 1 aromatic rings. The number of nitrogens with one attached hydrogen (secondary N) is 2. The highest BCUT2D eigenvalue weighted by molar-refractivity contribution is 7.80. The largest absolute Gasteiger partial charge is 0.507 e. The van der Waals surface area contributed by atoms with Gasteiger partial charge in [0, 0.05) is 17.7 Å². The fraction of sp³-hybridized carbons (Fsp3) is 0.400. The lowest BCUT2D eigenvalue weighted by molar-refractivity contribution is -0.124. The first kappa shape index (κ1) is 16.2. The highest BCUT2D eigenvalue weighted by Gasteiger charge is 2.21. The Balaban J connectivity index is 1.92. The molecule has 6 nitrogen and oxygen atoms in total. The van der Waals surface area contributed by atoms with Crippen LogP contribution in [0.4, 0.5) is 5.69 Å². The van der Waals surface area contributed by atoms with Crippen molar-refractivity contribution in [2.45, 2.75) is 32.1 Å². The summed E-state index contributed by atoms with van der Waals surface area (Å²) in [5, 5.41) is 24.0. The molecule has 22 heavy (non-hydrogen) atoms. The summed E-state index contributed by atoms with van der Waals surface area (Å²) in [7, 11) is 0. The normalized spacial score (nSPS) is 15.1. The number of hydrogen-bond donors (Lipinski definition) is 4. The van der Waals surface area contributed by atoms with Crippen LogP contribution in [0.25, 0.3) is 0 Å². The molecule has 0 atom stereocenters. The van der Waals surface area contributed by atoms with Crippen LogP contribution in [0, 0.1) is 5.92 Å². The summed E-state index contributed by atoms with van der Waals surface area (Å²) in [6.45, 7) is 0. The Labute approximate surface area is 133 Å². The minimum Gasteiger partial charge on any atom is -0.507 e. The summed E-state index contributed by atoms with van der Waals surface area (Å²) < 4.78 is 0. The topological polar surface area (TPSA) is 98.7 Å². The van der Waals surface area contributed by atoms with E-state index >= 15 is 0 Å². The summed E-state index contributed by atoms with van der Waals surface area (Å²) in [6, 6.07) is 4.00. The molecule has 0 spiro atoms. The molecule has 1 saturated carbocycles. The molecular formula is C15H18N2O4S. The van der Waals surface area contributed by atoms with Gasteiger partial charge in [0.05, 0.1) is 0 Å². The summed E-state index contributed by atoms with van der Waals surface area (Å²) in [4.78, 5) is 22.9. The molecule has 1 aromatic carbocycles. The molecule has 0 radical (unpaired) electrons. The van der Waals surface area contributed by atoms with Crippen molar-refractivity contribution in [3.63, 3.8) is 0 Å². The van der Waals surface area contributed by atoms with E-state index in [2.05, 4.69) is 10.6 Å². The molecule has 1 aliphatic carbocycles. The van der Waals surface area contributed by atoms with Crippen LogP contribution >= 0.6 is 12.2 Å². The second kappa shape index (κ2) is 7.22. The summed E-state index contributed by atoms with van der Waals surface area (Å²) in [5.74, 6) is -1.67. The lowest BCUT2D eigenvalue weighted by Crippen LogP contribution is -2.38. The van der Waals surface area contributed by atoms with Gasteiger partial charge in [0.15, 0.2) is 5.11 Å².